The molecule has 11 heteroatoms. The highest BCUT2D eigenvalue weighted by Gasteiger charge is 2.52. The molecule has 0 aromatic heterocycles. The van der Waals surface area contributed by atoms with Crippen LogP contribution in [0.25, 0.3) is 0 Å². The van der Waals surface area contributed by atoms with Gasteiger partial charge in [-0.25, -0.2) is 4.39 Å². The number of anilines is 1. The first-order chi connectivity index (χ1) is 17.8. The van der Waals surface area contributed by atoms with E-state index in [0.717, 1.165) is 5.56 Å². The van der Waals surface area contributed by atoms with Gasteiger partial charge in [0.1, 0.15) is 17.3 Å². The third-order valence-electron chi connectivity index (χ3n) is 6.95. The van der Waals surface area contributed by atoms with Crippen molar-refractivity contribution in [3.8, 4) is 5.75 Å². The zero-order valence-electron chi connectivity index (χ0n) is 19.7. The van der Waals surface area contributed by atoms with E-state index < -0.39 is 15.2 Å². The standard InChI is InChI=1S/C26H23ClFN3O5S/c1-2-36-16-11-17-23-18(13-22(24(23)27)37-21-6-4-3-5-19(21)30(32)33)25(14-7-9-15(28)10-8-14)29-26(17)20(12-16)31(34)35/h3-12,18,22-25,29H,2,13H2,1H3/t18-,22+,23-,24+,25-/m1/s1. The molecular formula is C26H23ClFN3O5S. The number of rotatable bonds is 7. The monoisotopic (exact) mass is 543 g/mol. The lowest BCUT2D eigenvalue weighted by Crippen LogP contribution is -2.31. The van der Waals surface area contributed by atoms with Crippen LogP contribution in [0.1, 0.15) is 36.4 Å². The summed E-state index contributed by atoms with van der Waals surface area (Å²) in [5.41, 5.74) is 1.72. The van der Waals surface area contributed by atoms with Crippen LogP contribution in [-0.2, 0) is 0 Å². The molecule has 2 aliphatic rings. The van der Waals surface area contributed by atoms with Gasteiger partial charge in [-0.3, -0.25) is 20.2 Å². The van der Waals surface area contributed by atoms with Crippen molar-refractivity contribution in [3.63, 3.8) is 0 Å². The summed E-state index contributed by atoms with van der Waals surface area (Å²) in [6.07, 6.45) is 0.594. The Morgan fingerprint density at radius 3 is 2.46 bits per heavy atom. The Kier molecular flexibility index (Phi) is 6.96. The molecule has 0 amide bonds. The molecule has 1 aliphatic heterocycles. The van der Waals surface area contributed by atoms with Crippen LogP contribution >= 0.6 is 23.4 Å². The molecule has 5 atom stereocenters. The van der Waals surface area contributed by atoms with E-state index in [4.69, 9.17) is 16.3 Å². The van der Waals surface area contributed by atoms with Crippen molar-refractivity contribution in [1.29, 1.82) is 0 Å². The molecule has 0 spiro atoms. The van der Waals surface area contributed by atoms with Gasteiger partial charge in [-0.1, -0.05) is 24.3 Å². The molecule has 1 aliphatic carbocycles. The molecule has 37 heavy (non-hydrogen) atoms. The largest absolute Gasteiger partial charge is 0.494 e. The number of nitrogens with zero attached hydrogens (tertiary/aromatic N) is 2. The predicted molar refractivity (Wildman–Crippen MR) is 140 cm³/mol. The lowest BCUT2D eigenvalue weighted by atomic mass is 9.77. The van der Waals surface area contributed by atoms with Crippen molar-refractivity contribution >= 4 is 40.4 Å². The molecule has 5 rings (SSSR count). The summed E-state index contributed by atoms with van der Waals surface area (Å²) < 4.78 is 19.4. The molecular weight excluding hydrogens is 521 g/mol. The summed E-state index contributed by atoms with van der Waals surface area (Å²) in [7, 11) is 0. The molecule has 1 heterocycles. The first-order valence-electron chi connectivity index (χ1n) is 11.8. The SMILES string of the molecule is CCOc1cc2c(c([N+](=O)[O-])c1)N[C@H](c1ccc(F)cc1)[C@@H]1C[C@H](Sc3ccccc3[N+](=O)[O-])[C@H](Cl)[C@H]21. The van der Waals surface area contributed by atoms with E-state index in [9.17, 15) is 24.6 Å². The highest BCUT2D eigenvalue weighted by molar-refractivity contribution is 8.00. The topological polar surface area (TPSA) is 108 Å². The lowest BCUT2D eigenvalue weighted by Gasteiger charge is -2.38. The summed E-state index contributed by atoms with van der Waals surface area (Å²) in [5, 5.41) is 26.3. The van der Waals surface area contributed by atoms with E-state index >= 15 is 0 Å². The average molecular weight is 544 g/mol. The fraction of sp³-hybridized carbons (Fsp3) is 0.308. The number of fused-ring (bicyclic) bond motifs is 3. The van der Waals surface area contributed by atoms with Gasteiger partial charge in [0.15, 0.2) is 0 Å². The van der Waals surface area contributed by atoms with E-state index in [-0.39, 0.29) is 40.3 Å². The smallest absolute Gasteiger partial charge is 0.296 e. The zero-order chi connectivity index (χ0) is 26.3. The summed E-state index contributed by atoms with van der Waals surface area (Å²) in [4.78, 5) is 23.3. The van der Waals surface area contributed by atoms with Crippen molar-refractivity contribution in [3.05, 3.63) is 97.8 Å². The fourth-order valence-electron chi connectivity index (χ4n) is 5.44. The van der Waals surface area contributed by atoms with Gasteiger partial charge in [-0.2, -0.15) is 0 Å². The third kappa shape index (κ3) is 4.71. The van der Waals surface area contributed by atoms with Crippen molar-refractivity contribution in [2.45, 2.75) is 40.8 Å². The first-order valence-corrected chi connectivity index (χ1v) is 13.1. The molecule has 0 saturated heterocycles. The Hall–Kier alpha value is -3.37. The Morgan fingerprint density at radius 1 is 1.08 bits per heavy atom. The minimum atomic E-state index is -0.477. The number of hydrogen-bond acceptors (Lipinski definition) is 7. The van der Waals surface area contributed by atoms with Crippen molar-refractivity contribution < 1.29 is 19.0 Å². The van der Waals surface area contributed by atoms with E-state index in [1.165, 1.54) is 36.0 Å². The maximum absolute atomic E-state index is 13.7. The highest BCUT2D eigenvalue weighted by atomic mass is 35.5. The van der Waals surface area contributed by atoms with Gasteiger partial charge in [0.2, 0.25) is 0 Å². The van der Waals surface area contributed by atoms with Gasteiger partial charge in [0.05, 0.1) is 38.8 Å². The molecule has 0 radical (unpaired) electrons. The second kappa shape index (κ2) is 10.2. The van der Waals surface area contributed by atoms with Gasteiger partial charge in [-0.15, -0.1) is 23.4 Å². The third-order valence-corrected chi connectivity index (χ3v) is 9.06. The Labute approximate surface area is 221 Å². The van der Waals surface area contributed by atoms with Crippen LogP contribution in [0.4, 0.5) is 21.5 Å². The zero-order valence-corrected chi connectivity index (χ0v) is 21.2. The molecule has 192 valence electrons. The lowest BCUT2D eigenvalue weighted by molar-refractivity contribution is -0.387. The predicted octanol–water partition coefficient (Wildman–Crippen LogP) is 7.08. The first kappa shape index (κ1) is 25.3. The molecule has 0 unspecified atom stereocenters. The van der Waals surface area contributed by atoms with Gasteiger partial charge >= 0.3 is 0 Å². The highest BCUT2D eigenvalue weighted by Crippen LogP contribution is 2.59. The van der Waals surface area contributed by atoms with Gasteiger partial charge < -0.3 is 10.1 Å². The van der Waals surface area contributed by atoms with Crippen LogP contribution in [-0.4, -0.2) is 27.1 Å². The number of nitro groups is 2. The number of hydrogen-bond donors (Lipinski definition) is 1. The maximum Gasteiger partial charge on any atom is 0.296 e. The van der Waals surface area contributed by atoms with E-state index in [1.54, 1.807) is 43.3 Å². The number of ether oxygens (including phenoxy) is 1. The minimum Gasteiger partial charge on any atom is -0.494 e. The number of nitro benzene ring substituents is 2. The fourth-order valence-corrected chi connectivity index (χ4v) is 7.39. The Morgan fingerprint density at radius 2 is 1.78 bits per heavy atom. The van der Waals surface area contributed by atoms with Crippen LogP contribution in [0, 0.1) is 32.0 Å². The summed E-state index contributed by atoms with van der Waals surface area (Å²) in [6, 6.07) is 15.4. The summed E-state index contributed by atoms with van der Waals surface area (Å²) >= 11 is 8.46. The molecule has 8 nitrogen and oxygen atoms in total. The molecule has 3 aromatic carbocycles. The Balaban J connectivity index is 1.61. The molecule has 0 bridgehead atoms. The minimum absolute atomic E-state index is 0.00844. The quantitative estimate of drug-likeness (QED) is 0.193. The molecule has 1 fully saturated rings. The molecule has 1 saturated carbocycles. The number of nitrogens with one attached hydrogen (secondary N) is 1. The van der Waals surface area contributed by atoms with Crippen LogP contribution < -0.4 is 10.1 Å². The van der Waals surface area contributed by atoms with Crippen LogP contribution in [0.15, 0.2) is 65.6 Å². The van der Waals surface area contributed by atoms with Crippen molar-refractivity contribution in [2.24, 2.45) is 5.92 Å². The molecule has 1 N–H and O–H groups in total. The van der Waals surface area contributed by atoms with Crippen LogP contribution in [0.2, 0.25) is 0 Å². The van der Waals surface area contributed by atoms with E-state index in [1.807, 2.05) is 0 Å². The summed E-state index contributed by atoms with van der Waals surface area (Å²) in [5.74, 6) is -0.396. The number of alkyl halides is 1. The average Bonchev–Trinajstić information content (AvgIpc) is 3.20. The van der Waals surface area contributed by atoms with Crippen molar-refractivity contribution in [2.75, 3.05) is 11.9 Å². The van der Waals surface area contributed by atoms with Crippen LogP contribution in [0.3, 0.4) is 0 Å². The van der Waals surface area contributed by atoms with E-state index in [2.05, 4.69) is 5.32 Å². The number of benzene rings is 3. The Bertz CT molecular complexity index is 1360. The summed E-state index contributed by atoms with van der Waals surface area (Å²) in [6.45, 7) is 2.15. The number of para-hydroxylation sites is 1. The van der Waals surface area contributed by atoms with Gasteiger partial charge in [0.25, 0.3) is 11.4 Å². The molecule has 3 aromatic rings. The normalized spacial score (nSPS) is 24.0. The number of halogens is 2. The second-order valence-electron chi connectivity index (χ2n) is 9.02. The van der Waals surface area contributed by atoms with E-state index in [0.29, 0.717) is 34.9 Å². The van der Waals surface area contributed by atoms with Gasteiger partial charge in [-0.05, 0) is 54.7 Å². The van der Waals surface area contributed by atoms with Crippen molar-refractivity contribution in [1.82, 2.24) is 0 Å². The van der Waals surface area contributed by atoms with Gasteiger partial charge in [0, 0.05) is 17.2 Å². The van der Waals surface area contributed by atoms with Crippen LogP contribution in [0.5, 0.6) is 5.75 Å². The number of thioether (sulfide) groups is 1. The second-order valence-corrected chi connectivity index (χ2v) is 10.8. The maximum atomic E-state index is 13.7.